The summed E-state index contributed by atoms with van der Waals surface area (Å²) in [6.45, 7) is 11.7. The molecule has 1 aromatic heterocycles. The molecule has 0 aliphatic rings. The van der Waals surface area contributed by atoms with Gasteiger partial charge in [-0.15, -0.1) is 11.8 Å². The molecule has 3 aromatic rings. The van der Waals surface area contributed by atoms with Gasteiger partial charge in [0.2, 0.25) is 0 Å². The molecule has 0 aliphatic carbocycles. The predicted molar refractivity (Wildman–Crippen MR) is 132 cm³/mol. The maximum Gasteiger partial charge on any atom is 0.261 e. The first-order chi connectivity index (χ1) is 14.5. The molecule has 160 valence electrons. The Morgan fingerprint density at radius 2 is 1.87 bits per heavy atom. The molecule has 2 aromatic carbocycles. The van der Waals surface area contributed by atoms with Crippen molar-refractivity contribution in [2.75, 3.05) is 36.8 Å². The highest BCUT2D eigenvalue weighted by Gasteiger charge is 2.24. The number of likely N-dealkylation sites (N-methyl/N-ethyl adjacent to an activating group) is 1. The van der Waals surface area contributed by atoms with E-state index in [0.29, 0.717) is 11.6 Å². The summed E-state index contributed by atoms with van der Waals surface area (Å²) in [4.78, 5) is 23.7. The molecule has 0 bridgehead atoms. The Balaban J connectivity index is 2.02. The van der Waals surface area contributed by atoms with Crippen molar-refractivity contribution in [3.8, 4) is 0 Å². The van der Waals surface area contributed by atoms with E-state index in [4.69, 9.17) is 16.6 Å². The molecule has 3 rings (SSSR count). The van der Waals surface area contributed by atoms with Crippen molar-refractivity contribution in [3.63, 3.8) is 0 Å². The Morgan fingerprint density at radius 3 is 2.57 bits per heavy atom. The second kappa shape index (κ2) is 10.6. The van der Waals surface area contributed by atoms with Crippen molar-refractivity contribution in [1.82, 2.24) is 9.88 Å². The van der Waals surface area contributed by atoms with E-state index in [1.165, 1.54) is 11.3 Å². The van der Waals surface area contributed by atoms with E-state index in [2.05, 4.69) is 25.7 Å². The van der Waals surface area contributed by atoms with Crippen LogP contribution in [0.1, 0.15) is 36.7 Å². The van der Waals surface area contributed by atoms with Crippen molar-refractivity contribution in [2.45, 2.75) is 32.6 Å². The van der Waals surface area contributed by atoms with Crippen LogP contribution in [-0.4, -0.2) is 47.7 Å². The lowest BCUT2D eigenvalue weighted by Gasteiger charge is -2.25. The largest absolute Gasteiger partial charge is 0.302 e. The molecule has 0 unspecified atom stereocenters. The summed E-state index contributed by atoms with van der Waals surface area (Å²) in [6, 6.07) is 11.7. The number of carbonyl (C=O) groups is 1. The van der Waals surface area contributed by atoms with E-state index in [1.54, 1.807) is 11.8 Å². The number of aromatic nitrogens is 1. The van der Waals surface area contributed by atoms with Crippen LogP contribution in [0, 0.1) is 6.92 Å². The summed E-state index contributed by atoms with van der Waals surface area (Å²) < 4.78 is 1.01. The van der Waals surface area contributed by atoms with Crippen LogP contribution in [0.5, 0.6) is 0 Å². The fourth-order valence-electron chi connectivity index (χ4n) is 3.39. The molecule has 1 heterocycles. The molecule has 4 nitrogen and oxygen atoms in total. The van der Waals surface area contributed by atoms with Gasteiger partial charge in [0.25, 0.3) is 5.91 Å². The monoisotopic (exact) mass is 461 g/mol. The fraction of sp³-hybridized carbons (Fsp3) is 0.391. The number of carbonyl (C=O) groups excluding carboxylic acids is 1. The second-order valence-electron chi connectivity index (χ2n) is 6.98. The zero-order valence-electron chi connectivity index (χ0n) is 17.9. The number of fused-ring (bicyclic) bond motifs is 1. The quantitative estimate of drug-likeness (QED) is 0.347. The second-order valence-corrected chi connectivity index (χ2v) is 9.73. The average Bonchev–Trinajstić information content (AvgIpc) is 3.15. The highest BCUT2D eigenvalue weighted by Crippen LogP contribution is 2.34. The van der Waals surface area contributed by atoms with Gasteiger partial charge in [-0.1, -0.05) is 55.8 Å². The zero-order valence-corrected chi connectivity index (χ0v) is 20.3. The lowest BCUT2D eigenvalue weighted by molar-refractivity contribution is 0.0981. The first kappa shape index (κ1) is 23.1. The van der Waals surface area contributed by atoms with Crippen molar-refractivity contribution in [2.24, 2.45) is 0 Å². The van der Waals surface area contributed by atoms with E-state index >= 15 is 0 Å². The molecule has 0 spiro atoms. The van der Waals surface area contributed by atoms with Gasteiger partial charge in [-0.25, -0.2) is 4.98 Å². The third-order valence-electron chi connectivity index (χ3n) is 5.07. The molecule has 0 fully saturated rings. The Morgan fingerprint density at radius 1 is 1.13 bits per heavy atom. The van der Waals surface area contributed by atoms with Gasteiger partial charge in [0.1, 0.15) is 0 Å². The van der Waals surface area contributed by atoms with Gasteiger partial charge < -0.3 is 4.90 Å². The van der Waals surface area contributed by atoms with E-state index in [-0.39, 0.29) is 5.91 Å². The number of rotatable bonds is 9. The van der Waals surface area contributed by atoms with Crippen LogP contribution in [0.3, 0.4) is 0 Å². The number of anilines is 1. The lowest BCUT2D eigenvalue weighted by atomic mass is 10.2. The molecule has 0 saturated heterocycles. The Hall–Kier alpha value is -1.60. The number of halogens is 1. The Bertz CT molecular complexity index is 1020. The minimum absolute atomic E-state index is 0.00140. The SMILES string of the molecule is CCSc1ccccc1C(=O)N(CCN(CC)CC)c1nc2c(C)cc(Cl)cc2s1. The molecule has 0 radical (unpaired) electrons. The van der Waals surface area contributed by atoms with Crippen LogP contribution >= 0.6 is 34.7 Å². The van der Waals surface area contributed by atoms with Gasteiger partial charge >= 0.3 is 0 Å². The Kier molecular flexibility index (Phi) is 8.17. The molecule has 0 saturated carbocycles. The maximum atomic E-state index is 13.7. The fourth-order valence-corrected chi connectivity index (χ4v) is 5.63. The number of thioether (sulfide) groups is 1. The molecule has 0 aliphatic heterocycles. The minimum atomic E-state index is 0.00140. The van der Waals surface area contributed by atoms with Crippen LogP contribution in [-0.2, 0) is 0 Å². The summed E-state index contributed by atoms with van der Waals surface area (Å²) >= 11 is 9.48. The number of benzene rings is 2. The summed E-state index contributed by atoms with van der Waals surface area (Å²) in [5.41, 5.74) is 2.67. The van der Waals surface area contributed by atoms with Gasteiger partial charge in [0.15, 0.2) is 5.13 Å². The first-order valence-electron chi connectivity index (χ1n) is 10.3. The van der Waals surface area contributed by atoms with Crippen LogP contribution in [0.4, 0.5) is 5.13 Å². The van der Waals surface area contributed by atoms with Crippen LogP contribution < -0.4 is 4.90 Å². The highest BCUT2D eigenvalue weighted by atomic mass is 35.5. The molecule has 0 atom stereocenters. The summed E-state index contributed by atoms with van der Waals surface area (Å²) in [6.07, 6.45) is 0. The number of hydrogen-bond donors (Lipinski definition) is 0. The first-order valence-corrected chi connectivity index (χ1v) is 12.5. The minimum Gasteiger partial charge on any atom is -0.302 e. The normalized spacial score (nSPS) is 11.4. The number of nitrogens with zero attached hydrogens (tertiary/aromatic N) is 3. The Labute approximate surface area is 192 Å². The molecular weight excluding hydrogens is 434 g/mol. The molecule has 0 N–H and O–H groups in total. The van der Waals surface area contributed by atoms with Crippen LogP contribution in [0.2, 0.25) is 5.02 Å². The molecule has 30 heavy (non-hydrogen) atoms. The van der Waals surface area contributed by atoms with E-state index in [0.717, 1.165) is 56.8 Å². The van der Waals surface area contributed by atoms with Crippen molar-refractivity contribution >= 4 is 56.0 Å². The van der Waals surface area contributed by atoms with Crippen molar-refractivity contribution in [3.05, 3.63) is 52.5 Å². The lowest BCUT2D eigenvalue weighted by Crippen LogP contribution is -2.39. The summed E-state index contributed by atoms with van der Waals surface area (Å²) in [5.74, 6) is 0.921. The van der Waals surface area contributed by atoms with E-state index < -0.39 is 0 Å². The van der Waals surface area contributed by atoms with E-state index in [9.17, 15) is 4.79 Å². The van der Waals surface area contributed by atoms with Crippen molar-refractivity contribution < 1.29 is 4.79 Å². The average molecular weight is 462 g/mol. The van der Waals surface area contributed by atoms with Gasteiger partial charge in [-0.2, -0.15) is 0 Å². The number of aryl methyl sites for hydroxylation is 1. The van der Waals surface area contributed by atoms with Crippen LogP contribution in [0.15, 0.2) is 41.3 Å². The smallest absolute Gasteiger partial charge is 0.261 e. The standard InChI is InChI=1S/C23H28ClN3OS2/c1-5-26(6-2)12-13-27(22(28)18-10-8-9-11-19(18)29-7-3)23-25-21-16(4)14-17(24)15-20(21)30-23/h8-11,14-15H,5-7,12-13H2,1-4H3. The number of hydrogen-bond acceptors (Lipinski definition) is 5. The van der Waals surface area contributed by atoms with Gasteiger partial charge in [-0.3, -0.25) is 9.69 Å². The molecule has 7 heteroatoms. The zero-order chi connectivity index (χ0) is 21.7. The maximum absolute atomic E-state index is 13.7. The van der Waals surface area contributed by atoms with E-state index in [1.807, 2.05) is 48.2 Å². The summed E-state index contributed by atoms with van der Waals surface area (Å²) in [7, 11) is 0. The van der Waals surface area contributed by atoms with Crippen LogP contribution in [0.25, 0.3) is 10.2 Å². The third-order valence-corrected chi connectivity index (χ3v) is 7.27. The molecule has 1 amide bonds. The highest BCUT2D eigenvalue weighted by molar-refractivity contribution is 7.99. The number of amides is 1. The number of thiazole rings is 1. The molecular formula is C23H28ClN3OS2. The van der Waals surface area contributed by atoms with Gasteiger partial charge in [0.05, 0.1) is 15.8 Å². The topological polar surface area (TPSA) is 36.4 Å². The third kappa shape index (κ3) is 5.17. The summed E-state index contributed by atoms with van der Waals surface area (Å²) in [5, 5.41) is 1.42. The van der Waals surface area contributed by atoms with Gasteiger partial charge in [-0.05, 0) is 55.6 Å². The predicted octanol–water partition coefficient (Wildman–Crippen LogP) is 6.36. The van der Waals surface area contributed by atoms with Gasteiger partial charge in [0, 0.05) is 23.0 Å². The van der Waals surface area contributed by atoms with Crippen molar-refractivity contribution in [1.29, 1.82) is 0 Å².